The lowest BCUT2D eigenvalue weighted by molar-refractivity contribution is 0.201. The van der Waals surface area contributed by atoms with Gasteiger partial charge in [0.1, 0.15) is 27.7 Å². The Labute approximate surface area is 324 Å². The summed E-state index contributed by atoms with van der Waals surface area (Å²) in [6.07, 6.45) is 2.94. The molecule has 0 saturated heterocycles. The van der Waals surface area contributed by atoms with Crippen LogP contribution in [0.4, 0.5) is 19.3 Å². The number of rotatable bonds is 10. The second-order valence-electron chi connectivity index (χ2n) is 13.1. The van der Waals surface area contributed by atoms with Crippen molar-refractivity contribution in [1.82, 2.24) is 19.7 Å². The van der Waals surface area contributed by atoms with Crippen molar-refractivity contribution in [3.8, 4) is 21.7 Å². The number of halogens is 2. The van der Waals surface area contributed by atoms with Gasteiger partial charge in [-0.1, -0.05) is 97.1 Å². The Balaban J connectivity index is 1.41. The SMILES string of the molecule is CS(=O)(=O)c1ccc(-c2ncnc3ccc(-c4cn(C(c5ccccc5)(c5ccccc5)c5ccccc5)nc4CN(C(=O)O)c4ccc(F)cc4F)cc23)s1. The first kappa shape index (κ1) is 36.4. The number of anilines is 1. The minimum absolute atomic E-state index is 0.194. The van der Waals surface area contributed by atoms with Gasteiger partial charge in [0, 0.05) is 29.5 Å². The number of thiophene rings is 1. The molecule has 0 aliphatic carbocycles. The summed E-state index contributed by atoms with van der Waals surface area (Å²) < 4.78 is 56.0. The fourth-order valence-corrected chi connectivity index (χ4v) is 8.99. The predicted octanol–water partition coefficient (Wildman–Crippen LogP) is 9.43. The summed E-state index contributed by atoms with van der Waals surface area (Å²) in [6.45, 7) is -0.409. The quantitative estimate of drug-likeness (QED) is 0.137. The zero-order valence-electron chi connectivity index (χ0n) is 29.6. The van der Waals surface area contributed by atoms with Gasteiger partial charge in [-0.25, -0.2) is 32.0 Å². The van der Waals surface area contributed by atoms with Gasteiger partial charge in [-0.2, -0.15) is 5.10 Å². The largest absolute Gasteiger partial charge is 0.465 e. The molecule has 3 heterocycles. The molecule has 9 nitrogen and oxygen atoms in total. The Morgan fingerprint density at radius 3 is 1.98 bits per heavy atom. The highest BCUT2D eigenvalue weighted by Crippen LogP contribution is 2.43. The van der Waals surface area contributed by atoms with E-state index in [9.17, 15) is 22.7 Å². The number of hydrogen-bond acceptors (Lipinski definition) is 7. The van der Waals surface area contributed by atoms with Crippen molar-refractivity contribution in [3.05, 3.63) is 186 Å². The van der Waals surface area contributed by atoms with Gasteiger partial charge in [-0.05, 0) is 58.7 Å². The van der Waals surface area contributed by atoms with E-state index in [1.165, 1.54) is 6.33 Å². The van der Waals surface area contributed by atoms with Crippen LogP contribution in [0.2, 0.25) is 0 Å². The van der Waals surface area contributed by atoms with Gasteiger partial charge in [0.15, 0.2) is 9.84 Å². The van der Waals surface area contributed by atoms with Crippen molar-refractivity contribution < 1.29 is 27.1 Å². The van der Waals surface area contributed by atoms with E-state index in [4.69, 9.17) is 5.10 Å². The lowest BCUT2D eigenvalue weighted by Crippen LogP contribution is -2.38. The van der Waals surface area contributed by atoms with Crippen LogP contribution in [0.5, 0.6) is 0 Å². The standard InChI is InChI=1S/C43H31F2N5O4S2/c1-56(53,54)40-22-21-39(55-40)41-33-23-28(17-19-36(33)46-27-47-41)34-25-50(48-37(34)26-49(42(51)52)38-20-18-32(44)24-35(38)45)43(29-11-5-2-6-12-29,30-13-7-3-8-14-30)31-15-9-4-10-16-31/h2-25,27H,26H2,1H3,(H,51,52). The van der Waals surface area contributed by atoms with Crippen LogP contribution in [0.1, 0.15) is 22.4 Å². The zero-order chi connectivity index (χ0) is 39.0. The molecule has 13 heteroatoms. The maximum Gasteiger partial charge on any atom is 0.412 e. The molecule has 0 aliphatic rings. The van der Waals surface area contributed by atoms with E-state index in [1.807, 2.05) is 114 Å². The maximum atomic E-state index is 15.3. The lowest BCUT2D eigenvalue weighted by Gasteiger charge is -2.36. The van der Waals surface area contributed by atoms with Gasteiger partial charge < -0.3 is 5.11 Å². The van der Waals surface area contributed by atoms with Crippen LogP contribution < -0.4 is 4.90 Å². The van der Waals surface area contributed by atoms with Crippen molar-refractivity contribution >= 4 is 43.9 Å². The number of amides is 1. The first-order valence-electron chi connectivity index (χ1n) is 17.3. The average molecular weight is 784 g/mol. The van der Waals surface area contributed by atoms with E-state index in [1.54, 1.807) is 18.2 Å². The van der Waals surface area contributed by atoms with E-state index in [0.29, 0.717) is 38.7 Å². The molecular weight excluding hydrogens is 753 g/mol. The molecule has 0 aliphatic heterocycles. The van der Waals surface area contributed by atoms with Crippen LogP contribution in [0, 0.1) is 11.6 Å². The Bertz CT molecular complexity index is 2740. The van der Waals surface area contributed by atoms with Gasteiger partial charge in [0.2, 0.25) is 0 Å². The van der Waals surface area contributed by atoms with E-state index in [2.05, 4.69) is 9.97 Å². The van der Waals surface area contributed by atoms with Gasteiger partial charge >= 0.3 is 6.09 Å². The number of benzene rings is 5. The summed E-state index contributed by atoms with van der Waals surface area (Å²) in [5.41, 5.74) is 3.69. The van der Waals surface area contributed by atoms with Crippen LogP contribution in [0.3, 0.4) is 0 Å². The average Bonchev–Trinajstić information content (AvgIpc) is 3.87. The molecule has 5 aromatic carbocycles. The third-order valence-electron chi connectivity index (χ3n) is 9.57. The third kappa shape index (κ3) is 6.60. The molecule has 0 bridgehead atoms. The molecule has 1 N–H and O–H groups in total. The lowest BCUT2D eigenvalue weighted by atomic mass is 9.77. The summed E-state index contributed by atoms with van der Waals surface area (Å²) in [7, 11) is -3.46. The smallest absolute Gasteiger partial charge is 0.412 e. The number of carboxylic acid groups (broad SMARTS) is 1. The molecule has 0 saturated carbocycles. The Hall–Kier alpha value is -6.57. The molecule has 1 amide bonds. The molecule has 278 valence electrons. The van der Waals surface area contributed by atoms with Crippen LogP contribution in [-0.4, -0.2) is 45.6 Å². The second-order valence-corrected chi connectivity index (χ2v) is 16.4. The van der Waals surface area contributed by atoms with Gasteiger partial charge in [-0.3, -0.25) is 9.58 Å². The highest BCUT2D eigenvalue weighted by Gasteiger charge is 2.40. The molecule has 0 atom stereocenters. The monoisotopic (exact) mass is 783 g/mol. The number of hydrogen-bond donors (Lipinski definition) is 1. The summed E-state index contributed by atoms with van der Waals surface area (Å²) in [6, 6.07) is 40.9. The predicted molar refractivity (Wildman–Crippen MR) is 212 cm³/mol. The molecule has 0 fully saturated rings. The molecule has 8 rings (SSSR count). The molecule has 0 radical (unpaired) electrons. The Morgan fingerprint density at radius 1 is 0.804 bits per heavy atom. The Kier molecular flexibility index (Phi) is 9.48. The van der Waals surface area contributed by atoms with Gasteiger partial charge in [0.05, 0.1) is 34.0 Å². The number of carbonyl (C=O) groups is 1. The van der Waals surface area contributed by atoms with E-state index in [0.717, 1.165) is 51.3 Å². The fourth-order valence-electron chi connectivity index (χ4n) is 7.05. The molecule has 0 spiro atoms. The van der Waals surface area contributed by atoms with Crippen LogP contribution in [0.25, 0.3) is 32.6 Å². The van der Waals surface area contributed by atoms with Gasteiger partial charge in [-0.15, -0.1) is 11.3 Å². The number of fused-ring (bicyclic) bond motifs is 1. The first-order chi connectivity index (χ1) is 27.0. The zero-order valence-corrected chi connectivity index (χ0v) is 31.3. The van der Waals surface area contributed by atoms with E-state index < -0.39 is 39.6 Å². The summed E-state index contributed by atoms with van der Waals surface area (Å²) in [5, 5.41) is 16.3. The van der Waals surface area contributed by atoms with Crippen molar-refractivity contribution in [2.45, 2.75) is 16.3 Å². The van der Waals surface area contributed by atoms with Crippen molar-refractivity contribution in [2.75, 3.05) is 11.2 Å². The minimum atomic E-state index is -3.46. The molecule has 8 aromatic rings. The highest BCUT2D eigenvalue weighted by atomic mass is 32.2. The fraction of sp³-hybridized carbons (Fsp3) is 0.0698. The maximum absolute atomic E-state index is 15.3. The van der Waals surface area contributed by atoms with Crippen LogP contribution in [0.15, 0.2) is 156 Å². The normalized spacial score (nSPS) is 11.8. The second kappa shape index (κ2) is 14.6. The number of aromatic nitrogens is 4. The summed E-state index contributed by atoms with van der Waals surface area (Å²) >= 11 is 1.10. The summed E-state index contributed by atoms with van der Waals surface area (Å²) in [5.74, 6) is -1.89. The van der Waals surface area contributed by atoms with E-state index >= 15 is 4.39 Å². The van der Waals surface area contributed by atoms with E-state index in [-0.39, 0.29) is 15.6 Å². The molecule has 56 heavy (non-hydrogen) atoms. The van der Waals surface area contributed by atoms with Gasteiger partial charge in [0.25, 0.3) is 0 Å². The van der Waals surface area contributed by atoms with Crippen molar-refractivity contribution in [3.63, 3.8) is 0 Å². The highest BCUT2D eigenvalue weighted by molar-refractivity contribution is 7.92. The third-order valence-corrected chi connectivity index (χ3v) is 12.5. The summed E-state index contributed by atoms with van der Waals surface area (Å²) in [4.78, 5) is 23.3. The van der Waals surface area contributed by atoms with Crippen molar-refractivity contribution in [2.24, 2.45) is 0 Å². The molecule has 0 unspecified atom stereocenters. The number of nitrogens with zero attached hydrogens (tertiary/aromatic N) is 5. The van der Waals surface area contributed by atoms with Crippen molar-refractivity contribution in [1.29, 1.82) is 0 Å². The molecule has 3 aromatic heterocycles. The Morgan fingerprint density at radius 2 is 1.43 bits per heavy atom. The number of sulfone groups is 1. The first-order valence-corrected chi connectivity index (χ1v) is 20.0. The minimum Gasteiger partial charge on any atom is -0.465 e. The van der Waals surface area contributed by atoms with Crippen LogP contribution >= 0.6 is 11.3 Å². The van der Waals surface area contributed by atoms with Crippen LogP contribution in [-0.2, 0) is 21.9 Å². The topological polar surface area (TPSA) is 118 Å². The molecular formula is C43H31F2N5O4S2.